The number of pyridine rings is 1. The van der Waals surface area contributed by atoms with Crippen LogP contribution in [-0.4, -0.2) is 41.2 Å². The largest absolute Gasteiger partial charge is 0.492 e. The Kier molecular flexibility index (Phi) is 8.44. The Morgan fingerprint density at radius 2 is 1.70 bits per heavy atom. The molecule has 0 aliphatic carbocycles. The lowest BCUT2D eigenvalue weighted by Gasteiger charge is -2.15. The molecule has 0 radical (unpaired) electrons. The molecule has 0 spiro atoms. The Bertz CT molecular complexity index is 1330. The number of aliphatic carboxylic acids is 1. The molecule has 2 N–H and O–H groups in total. The maximum Gasteiger partial charge on any atom is 0.345 e. The zero-order valence-electron chi connectivity index (χ0n) is 19.8. The van der Waals surface area contributed by atoms with E-state index in [1.807, 2.05) is 30.3 Å². The van der Waals surface area contributed by atoms with Crippen molar-refractivity contribution in [3.8, 4) is 22.8 Å². The van der Waals surface area contributed by atoms with Gasteiger partial charge in [-0.05, 0) is 54.1 Å². The van der Waals surface area contributed by atoms with E-state index in [0.29, 0.717) is 17.9 Å². The van der Waals surface area contributed by atoms with Gasteiger partial charge in [0.05, 0.1) is 12.2 Å². The number of hydrogen-bond acceptors (Lipinski definition) is 5. The minimum atomic E-state index is -1.16. The first-order valence-corrected chi connectivity index (χ1v) is 11.6. The van der Waals surface area contributed by atoms with E-state index in [1.54, 1.807) is 42.6 Å². The summed E-state index contributed by atoms with van der Waals surface area (Å²) in [6.45, 7) is 0.572. The summed E-state index contributed by atoms with van der Waals surface area (Å²) in [5.41, 5.74) is 3.03. The van der Waals surface area contributed by atoms with Crippen molar-refractivity contribution in [3.05, 3.63) is 114 Å². The minimum Gasteiger partial charge on any atom is -0.492 e. The van der Waals surface area contributed by atoms with Crippen LogP contribution in [0.1, 0.15) is 15.9 Å². The molecule has 0 aliphatic heterocycles. The third-order valence-electron chi connectivity index (χ3n) is 5.46. The number of benzene rings is 3. The molecule has 1 amide bonds. The summed E-state index contributed by atoms with van der Waals surface area (Å²) in [5.74, 6) is -1.12. The number of rotatable bonds is 11. The zero-order valence-corrected chi connectivity index (χ0v) is 19.8. The van der Waals surface area contributed by atoms with Crippen molar-refractivity contribution >= 4 is 11.9 Å². The average Bonchev–Trinajstić information content (AvgIpc) is 2.92. The molecule has 188 valence electrons. The highest BCUT2D eigenvalue weighted by Crippen LogP contribution is 2.19. The van der Waals surface area contributed by atoms with Gasteiger partial charge in [0.25, 0.3) is 5.91 Å². The number of aromatic nitrogens is 1. The van der Waals surface area contributed by atoms with Gasteiger partial charge in [0.2, 0.25) is 0 Å². The highest BCUT2D eigenvalue weighted by atomic mass is 19.1. The van der Waals surface area contributed by atoms with E-state index in [-0.39, 0.29) is 24.7 Å². The van der Waals surface area contributed by atoms with Crippen LogP contribution in [0.2, 0.25) is 0 Å². The van der Waals surface area contributed by atoms with Gasteiger partial charge < -0.3 is 19.9 Å². The average molecular weight is 501 g/mol. The summed E-state index contributed by atoms with van der Waals surface area (Å²) in [5, 5.41) is 12.3. The molecular weight excluding hydrogens is 475 g/mol. The molecule has 8 heteroatoms. The summed E-state index contributed by atoms with van der Waals surface area (Å²) in [6, 6.07) is 25.1. The van der Waals surface area contributed by atoms with E-state index in [4.69, 9.17) is 9.47 Å². The minimum absolute atomic E-state index is 0.0985. The van der Waals surface area contributed by atoms with Crippen molar-refractivity contribution in [2.24, 2.45) is 0 Å². The predicted octanol–water partition coefficient (Wildman–Crippen LogP) is 4.77. The van der Waals surface area contributed by atoms with Crippen LogP contribution >= 0.6 is 0 Å². The molecule has 1 unspecified atom stereocenters. The van der Waals surface area contributed by atoms with Gasteiger partial charge in [-0.3, -0.25) is 9.78 Å². The van der Waals surface area contributed by atoms with Crippen molar-refractivity contribution < 1.29 is 28.6 Å². The lowest BCUT2D eigenvalue weighted by atomic mass is 10.1. The first kappa shape index (κ1) is 25.4. The summed E-state index contributed by atoms with van der Waals surface area (Å²) in [6.07, 6.45) is 0.656. The molecule has 7 nitrogen and oxygen atoms in total. The number of carboxylic acids is 1. The Labute approximate surface area is 213 Å². The van der Waals surface area contributed by atoms with E-state index in [1.165, 1.54) is 18.2 Å². The second-order valence-electron chi connectivity index (χ2n) is 8.15. The topological polar surface area (TPSA) is 97.8 Å². The molecular formula is C29H25FN2O5. The van der Waals surface area contributed by atoms with E-state index >= 15 is 0 Å². The lowest BCUT2D eigenvalue weighted by molar-refractivity contribution is -0.145. The molecule has 1 aromatic heterocycles. The highest BCUT2D eigenvalue weighted by molar-refractivity contribution is 5.94. The SMILES string of the molecule is O=C(NCCOc1ccc(CC(Oc2cccc(F)c2)C(=O)O)cc1)c1ccc(-c2ccccn2)cc1. The first-order valence-electron chi connectivity index (χ1n) is 11.6. The molecule has 0 fully saturated rings. The molecule has 4 rings (SSSR count). The van der Waals surface area contributed by atoms with Gasteiger partial charge in [-0.1, -0.05) is 36.4 Å². The summed E-state index contributed by atoms with van der Waals surface area (Å²) in [4.78, 5) is 28.3. The molecule has 0 saturated heterocycles. The van der Waals surface area contributed by atoms with Crippen molar-refractivity contribution in [2.45, 2.75) is 12.5 Å². The zero-order chi connectivity index (χ0) is 26.0. The van der Waals surface area contributed by atoms with Crippen LogP contribution in [0.25, 0.3) is 11.3 Å². The number of amides is 1. The summed E-state index contributed by atoms with van der Waals surface area (Å²) in [7, 11) is 0. The maximum absolute atomic E-state index is 13.4. The number of nitrogens with one attached hydrogen (secondary N) is 1. The van der Waals surface area contributed by atoms with Crippen molar-refractivity contribution in [1.82, 2.24) is 10.3 Å². The van der Waals surface area contributed by atoms with Crippen LogP contribution in [0.3, 0.4) is 0 Å². The maximum atomic E-state index is 13.4. The Balaban J connectivity index is 1.22. The second-order valence-corrected chi connectivity index (χ2v) is 8.15. The second kappa shape index (κ2) is 12.3. The van der Waals surface area contributed by atoms with Crippen LogP contribution in [0.5, 0.6) is 11.5 Å². The van der Waals surface area contributed by atoms with Crippen molar-refractivity contribution in [2.75, 3.05) is 13.2 Å². The van der Waals surface area contributed by atoms with Gasteiger partial charge in [-0.2, -0.15) is 0 Å². The van der Waals surface area contributed by atoms with Gasteiger partial charge in [-0.25, -0.2) is 9.18 Å². The third kappa shape index (κ3) is 7.38. The number of carbonyl (C=O) groups is 2. The number of halogens is 1. The van der Waals surface area contributed by atoms with Crippen LogP contribution in [0.15, 0.2) is 97.2 Å². The highest BCUT2D eigenvalue weighted by Gasteiger charge is 2.20. The summed E-state index contributed by atoms with van der Waals surface area (Å²) < 4.78 is 24.5. The fraction of sp³-hybridized carbons (Fsp3) is 0.138. The lowest BCUT2D eigenvalue weighted by Crippen LogP contribution is -2.29. The van der Waals surface area contributed by atoms with Crippen LogP contribution in [0.4, 0.5) is 4.39 Å². The van der Waals surface area contributed by atoms with Crippen molar-refractivity contribution in [1.29, 1.82) is 0 Å². The molecule has 37 heavy (non-hydrogen) atoms. The Morgan fingerprint density at radius 1 is 0.919 bits per heavy atom. The fourth-order valence-corrected chi connectivity index (χ4v) is 3.58. The standard InChI is InChI=1S/C29H25FN2O5/c30-23-4-3-5-25(19-23)37-27(29(34)35)18-20-7-13-24(14-8-20)36-17-16-32-28(33)22-11-9-21(10-12-22)26-6-1-2-15-31-26/h1-15,19,27H,16-18H2,(H,32,33)(H,34,35). The van der Waals surface area contributed by atoms with Gasteiger partial charge in [0, 0.05) is 29.8 Å². The number of carboxylic acid groups (broad SMARTS) is 1. The fourth-order valence-electron chi connectivity index (χ4n) is 3.58. The van der Waals surface area contributed by atoms with Crippen LogP contribution in [0, 0.1) is 5.82 Å². The summed E-state index contributed by atoms with van der Waals surface area (Å²) >= 11 is 0. The van der Waals surface area contributed by atoms with Gasteiger partial charge in [0.1, 0.15) is 23.9 Å². The van der Waals surface area contributed by atoms with Crippen LogP contribution in [-0.2, 0) is 11.2 Å². The van der Waals surface area contributed by atoms with E-state index in [0.717, 1.165) is 22.9 Å². The normalized spacial score (nSPS) is 11.4. The third-order valence-corrected chi connectivity index (χ3v) is 5.46. The molecule has 0 aliphatic rings. The Morgan fingerprint density at radius 3 is 2.38 bits per heavy atom. The number of hydrogen-bond donors (Lipinski definition) is 2. The van der Waals surface area contributed by atoms with Gasteiger partial charge in [0.15, 0.2) is 6.10 Å². The first-order chi connectivity index (χ1) is 18.0. The quantitative estimate of drug-likeness (QED) is 0.288. The molecule has 0 bridgehead atoms. The number of carbonyl (C=O) groups excluding carboxylic acids is 1. The van der Waals surface area contributed by atoms with Gasteiger partial charge in [-0.15, -0.1) is 0 Å². The van der Waals surface area contributed by atoms with Crippen LogP contribution < -0.4 is 14.8 Å². The van der Waals surface area contributed by atoms with E-state index in [2.05, 4.69) is 10.3 Å². The Hall–Kier alpha value is -4.72. The monoisotopic (exact) mass is 500 g/mol. The molecule has 3 aromatic carbocycles. The number of ether oxygens (including phenoxy) is 2. The molecule has 4 aromatic rings. The van der Waals surface area contributed by atoms with E-state index < -0.39 is 17.9 Å². The molecule has 1 atom stereocenters. The van der Waals surface area contributed by atoms with Gasteiger partial charge >= 0.3 is 5.97 Å². The van der Waals surface area contributed by atoms with E-state index in [9.17, 15) is 19.1 Å². The smallest absolute Gasteiger partial charge is 0.345 e. The molecule has 0 saturated carbocycles. The van der Waals surface area contributed by atoms with Crippen molar-refractivity contribution in [3.63, 3.8) is 0 Å². The number of nitrogens with zero attached hydrogens (tertiary/aromatic N) is 1. The molecule has 1 heterocycles. The predicted molar refractivity (Wildman–Crippen MR) is 136 cm³/mol.